The fraction of sp³-hybridized carbons (Fsp3) is 0.364. The van der Waals surface area contributed by atoms with Gasteiger partial charge in [0.25, 0.3) is 5.91 Å². The Morgan fingerprint density at radius 3 is 2.28 bits per heavy atom. The number of methoxy groups -OCH3 is 2. The van der Waals surface area contributed by atoms with Gasteiger partial charge in [-0.25, -0.2) is 0 Å². The van der Waals surface area contributed by atoms with Gasteiger partial charge in [0.15, 0.2) is 11.5 Å². The van der Waals surface area contributed by atoms with Crippen molar-refractivity contribution in [1.29, 1.82) is 0 Å². The fourth-order valence-electron chi connectivity index (χ4n) is 2.82. The lowest BCUT2D eigenvalue weighted by Crippen LogP contribution is -2.47. The Morgan fingerprint density at radius 2 is 1.66 bits per heavy atom. The minimum atomic E-state index is -0.731. The first-order chi connectivity index (χ1) is 13.9. The third-order valence-corrected chi connectivity index (χ3v) is 4.32. The highest BCUT2D eigenvalue weighted by Gasteiger charge is 2.26. The highest BCUT2D eigenvalue weighted by molar-refractivity contribution is 6.02. The Bertz CT molecular complexity index is 851. The number of hydrogen-bond acceptors (Lipinski definition) is 5. The van der Waals surface area contributed by atoms with Crippen molar-refractivity contribution < 1.29 is 23.8 Å². The van der Waals surface area contributed by atoms with Gasteiger partial charge in [0, 0.05) is 11.8 Å². The van der Waals surface area contributed by atoms with Crippen LogP contribution in [0, 0.1) is 5.92 Å². The van der Waals surface area contributed by atoms with E-state index in [0.717, 1.165) is 0 Å². The third-order valence-electron chi connectivity index (χ3n) is 4.32. The van der Waals surface area contributed by atoms with Crippen LogP contribution in [0.4, 0.5) is 5.69 Å². The molecule has 2 rings (SSSR count). The highest BCUT2D eigenvalue weighted by Crippen LogP contribution is 2.30. The summed E-state index contributed by atoms with van der Waals surface area (Å²) in [7, 11) is 3.07. The molecular weight excluding hydrogens is 372 g/mol. The molecule has 156 valence electrons. The summed E-state index contributed by atoms with van der Waals surface area (Å²) < 4.78 is 16.0. The number of hydrogen-bond donors (Lipinski definition) is 2. The number of para-hydroxylation sites is 1. The molecule has 0 spiro atoms. The Hall–Kier alpha value is -3.22. The van der Waals surface area contributed by atoms with Crippen molar-refractivity contribution in [2.24, 2.45) is 5.92 Å². The molecule has 2 aromatic carbocycles. The molecule has 2 amide bonds. The summed E-state index contributed by atoms with van der Waals surface area (Å²) in [6.45, 7) is 6.03. The molecule has 7 nitrogen and oxygen atoms in total. The lowest BCUT2D eigenvalue weighted by atomic mass is 10.0. The topological polar surface area (TPSA) is 85.9 Å². The largest absolute Gasteiger partial charge is 0.493 e. The number of amides is 2. The van der Waals surface area contributed by atoms with Crippen LogP contribution < -0.4 is 24.8 Å². The lowest BCUT2D eigenvalue weighted by Gasteiger charge is -2.22. The van der Waals surface area contributed by atoms with Crippen molar-refractivity contribution in [1.82, 2.24) is 5.32 Å². The predicted molar refractivity (Wildman–Crippen MR) is 112 cm³/mol. The van der Waals surface area contributed by atoms with E-state index in [1.54, 1.807) is 49.6 Å². The average Bonchev–Trinajstić information content (AvgIpc) is 2.72. The van der Waals surface area contributed by atoms with Crippen LogP contribution in [0.25, 0.3) is 0 Å². The van der Waals surface area contributed by atoms with E-state index >= 15 is 0 Å². The molecule has 0 bridgehead atoms. The van der Waals surface area contributed by atoms with Crippen LogP contribution in [0.2, 0.25) is 0 Å². The number of benzene rings is 2. The van der Waals surface area contributed by atoms with E-state index in [2.05, 4.69) is 10.6 Å². The van der Waals surface area contributed by atoms with Gasteiger partial charge in [-0.3, -0.25) is 9.59 Å². The zero-order valence-corrected chi connectivity index (χ0v) is 17.4. The van der Waals surface area contributed by atoms with Crippen LogP contribution in [0.5, 0.6) is 17.2 Å². The number of nitrogens with one attached hydrogen (secondary N) is 2. The van der Waals surface area contributed by atoms with Crippen molar-refractivity contribution in [2.45, 2.75) is 26.8 Å². The maximum Gasteiger partial charge on any atom is 0.255 e. The SMILES string of the molecule is CCOc1ccccc1C(=O)N[C@H](C(=O)Nc1ccc(OC)c(OC)c1)C(C)C. The molecule has 1 atom stereocenters. The first-order valence-electron chi connectivity index (χ1n) is 9.46. The summed E-state index contributed by atoms with van der Waals surface area (Å²) in [5, 5.41) is 5.64. The van der Waals surface area contributed by atoms with E-state index in [1.165, 1.54) is 7.11 Å². The normalized spacial score (nSPS) is 11.5. The van der Waals surface area contributed by atoms with E-state index < -0.39 is 6.04 Å². The van der Waals surface area contributed by atoms with Crippen LogP contribution in [-0.2, 0) is 4.79 Å². The van der Waals surface area contributed by atoms with Gasteiger partial charge in [0.05, 0.1) is 26.4 Å². The quantitative estimate of drug-likeness (QED) is 0.673. The minimum Gasteiger partial charge on any atom is -0.493 e. The second kappa shape index (κ2) is 10.4. The number of anilines is 1. The van der Waals surface area contributed by atoms with Crippen molar-refractivity contribution in [3.8, 4) is 17.2 Å². The standard InChI is InChI=1S/C22H28N2O5/c1-6-29-17-10-8-7-9-16(17)21(25)24-20(14(2)3)22(26)23-15-11-12-18(27-4)19(13-15)28-5/h7-14,20H,6H2,1-5H3,(H,23,26)(H,24,25)/t20-/m0/s1. The van der Waals surface area contributed by atoms with Gasteiger partial charge in [0.1, 0.15) is 11.8 Å². The second-order valence-electron chi connectivity index (χ2n) is 6.68. The van der Waals surface area contributed by atoms with Crippen molar-refractivity contribution in [3.05, 3.63) is 48.0 Å². The summed E-state index contributed by atoms with van der Waals surface area (Å²) >= 11 is 0. The second-order valence-corrected chi connectivity index (χ2v) is 6.68. The van der Waals surface area contributed by atoms with Crippen molar-refractivity contribution >= 4 is 17.5 Å². The molecule has 0 fully saturated rings. The van der Waals surface area contributed by atoms with Crippen LogP contribution >= 0.6 is 0 Å². The van der Waals surface area contributed by atoms with Gasteiger partial charge in [-0.05, 0) is 37.1 Å². The molecule has 2 aromatic rings. The third kappa shape index (κ3) is 5.63. The maximum absolute atomic E-state index is 12.9. The van der Waals surface area contributed by atoms with E-state index in [9.17, 15) is 9.59 Å². The number of rotatable bonds is 9. The van der Waals surface area contributed by atoms with Crippen molar-refractivity contribution in [2.75, 3.05) is 26.1 Å². The Labute approximate surface area is 171 Å². The minimum absolute atomic E-state index is 0.127. The molecule has 2 N–H and O–H groups in total. The van der Waals surface area contributed by atoms with Crippen LogP contribution in [0.3, 0.4) is 0 Å². The van der Waals surface area contributed by atoms with Crippen LogP contribution in [-0.4, -0.2) is 38.7 Å². The van der Waals surface area contributed by atoms with E-state index in [0.29, 0.717) is 35.1 Å². The zero-order chi connectivity index (χ0) is 21.4. The molecule has 0 saturated heterocycles. The van der Waals surface area contributed by atoms with E-state index in [4.69, 9.17) is 14.2 Å². The monoisotopic (exact) mass is 400 g/mol. The van der Waals surface area contributed by atoms with Gasteiger partial charge in [-0.15, -0.1) is 0 Å². The molecule has 0 aliphatic heterocycles. The molecule has 0 heterocycles. The van der Waals surface area contributed by atoms with E-state index in [1.807, 2.05) is 20.8 Å². The van der Waals surface area contributed by atoms with E-state index in [-0.39, 0.29) is 17.7 Å². The first kappa shape index (κ1) is 22.1. The average molecular weight is 400 g/mol. The zero-order valence-electron chi connectivity index (χ0n) is 17.4. The molecular formula is C22H28N2O5. The molecule has 0 radical (unpaired) electrons. The lowest BCUT2D eigenvalue weighted by molar-refractivity contribution is -0.118. The molecule has 29 heavy (non-hydrogen) atoms. The van der Waals surface area contributed by atoms with Crippen molar-refractivity contribution in [3.63, 3.8) is 0 Å². The summed E-state index contributed by atoms with van der Waals surface area (Å²) in [6, 6.07) is 11.3. The van der Waals surface area contributed by atoms with Gasteiger partial charge in [0.2, 0.25) is 5.91 Å². The molecule has 0 aliphatic rings. The smallest absolute Gasteiger partial charge is 0.255 e. The summed E-state index contributed by atoms with van der Waals surface area (Å²) in [4.78, 5) is 25.6. The molecule has 0 saturated carbocycles. The fourth-order valence-corrected chi connectivity index (χ4v) is 2.82. The molecule has 7 heteroatoms. The highest BCUT2D eigenvalue weighted by atomic mass is 16.5. The first-order valence-corrected chi connectivity index (χ1v) is 9.46. The summed E-state index contributed by atoms with van der Waals surface area (Å²) in [5.74, 6) is 0.728. The Kier molecular flexibility index (Phi) is 7.88. The number of carbonyl (C=O) groups is 2. The van der Waals surface area contributed by atoms with Gasteiger partial charge in [-0.1, -0.05) is 26.0 Å². The number of ether oxygens (including phenoxy) is 3. The van der Waals surface area contributed by atoms with Crippen LogP contribution in [0.1, 0.15) is 31.1 Å². The molecule has 0 aromatic heterocycles. The van der Waals surface area contributed by atoms with Gasteiger partial charge >= 0.3 is 0 Å². The predicted octanol–water partition coefficient (Wildman–Crippen LogP) is 3.50. The molecule has 0 aliphatic carbocycles. The van der Waals surface area contributed by atoms with Crippen LogP contribution in [0.15, 0.2) is 42.5 Å². The molecule has 0 unspecified atom stereocenters. The Morgan fingerprint density at radius 1 is 0.966 bits per heavy atom. The maximum atomic E-state index is 12.9. The Balaban J connectivity index is 2.17. The number of carbonyl (C=O) groups excluding carboxylic acids is 2. The summed E-state index contributed by atoms with van der Waals surface area (Å²) in [5.41, 5.74) is 0.932. The van der Waals surface area contributed by atoms with Gasteiger partial charge < -0.3 is 24.8 Å². The van der Waals surface area contributed by atoms with Gasteiger partial charge in [-0.2, -0.15) is 0 Å². The summed E-state index contributed by atoms with van der Waals surface area (Å²) in [6.07, 6.45) is 0.